The molecular weight excluding hydrogens is 340 g/mol. The van der Waals surface area contributed by atoms with E-state index in [1.54, 1.807) is 4.90 Å². The number of aliphatic hydroxyl groups is 1. The van der Waals surface area contributed by atoms with Gasteiger partial charge in [0.2, 0.25) is 0 Å². The second kappa shape index (κ2) is 7.37. The Bertz CT molecular complexity index is 880. The van der Waals surface area contributed by atoms with Gasteiger partial charge in [0.05, 0.1) is 12.5 Å². The number of rotatable bonds is 4. The van der Waals surface area contributed by atoms with Gasteiger partial charge in [-0.1, -0.05) is 65.8 Å². The molecule has 0 aliphatic carbocycles. The molecule has 1 N–H and O–H groups in total. The van der Waals surface area contributed by atoms with Crippen LogP contribution in [0.4, 0.5) is 0 Å². The number of amides is 1. The molecule has 27 heavy (non-hydrogen) atoms. The molecule has 1 aromatic heterocycles. The number of fused-ring (bicyclic) bond motifs is 1. The number of hydrogen-bond donors (Lipinski definition) is 1. The van der Waals surface area contributed by atoms with E-state index in [4.69, 9.17) is 4.52 Å². The van der Waals surface area contributed by atoms with Crippen molar-refractivity contribution in [2.75, 3.05) is 6.54 Å². The van der Waals surface area contributed by atoms with Crippen LogP contribution >= 0.6 is 0 Å². The number of carbonyl (C=O) groups excluding carboxylic acids is 1. The van der Waals surface area contributed by atoms with E-state index in [0.29, 0.717) is 19.5 Å². The lowest BCUT2D eigenvalue weighted by molar-refractivity contribution is -0.140. The number of hydrogen-bond acceptors (Lipinski definition) is 4. The Balaban J connectivity index is 1.77. The van der Waals surface area contributed by atoms with Crippen LogP contribution in [0.3, 0.4) is 0 Å². The Morgan fingerprint density at radius 3 is 2.22 bits per heavy atom. The molecule has 5 nitrogen and oxygen atoms in total. The highest BCUT2D eigenvalue weighted by atomic mass is 16.5. The Hall–Kier alpha value is -2.92. The highest BCUT2D eigenvalue weighted by Crippen LogP contribution is 2.36. The maximum atomic E-state index is 12.3. The lowest BCUT2D eigenvalue weighted by atomic mass is 9.85. The monoisotopic (exact) mass is 362 g/mol. The van der Waals surface area contributed by atoms with E-state index in [0.717, 1.165) is 28.1 Å². The van der Waals surface area contributed by atoms with Crippen LogP contribution in [-0.2, 0) is 17.8 Å². The molecule has 2 heterocycles. The van der Waals surface area contributed by atoms with Crippen molar-refractivity contribution in [3.63, 3.8) is 0 Å². The number of benzene rings is 2. The summed E-state index contributed by atoms with van der Waals surface area (Å²) in [7, 11) is 0. The molecule has 1 amide bonds. The molecule has 2 aromatic carbocycles. The zero-order valence-corrected chi connectivity index (χ0v) is 15.2. The van der Waals surface area contributed by atoms with Crippen molar-refractivity contribution < 1.29 is 14.4 Å². The van der Waals surface area contributed by atoms with Crippen LogP contribution in [0, 0.1) is 0 Å². The van der Waals surface area contributed by atoms with Gasteiger partial charge in [0.1, 0.15) is 17.6 Å². The molecule has 5 heteroatoms. The van der Waals surface area contributed by atoms with Crippen LogP contribution in [0.5, 0.6) is 0 Å². The van der Waals surface area contributed by atoms with Gasteiger partial charge >= 0.3 is 0 Å². The summed E-state index contributed by atoms with van der Waals surface area (Å²) in [5, 5.41) is 14.1. The third-order valence-electron chi connectivity index (χ3n) is 5.07. The fourth-order valence-corrected chi connectivity index (χ4v) is 3.71. The first-order valence-electron chi connectivity index (χ1n) is 9.19. The molecule has 0 radical (unpaired) electrons. The number of aliphatic hydroxyl groups excluding tert-OH is 1. The van der Waals surface area contributed by atoms with Gasteiger partial charge in [-0.25, -0.2) is 0 Å². The van der Waals surface area contributed by atoms with Gasteiger partial charge in [-0.2, -0.15) is 0 Å². The van der Waals surface area contributed by atoms with E-state index in [2.05, 4.69) is 29.4 Å². The minimum Gasteiger partial charge on any atom is -0.384 e. The smallest absolute Gasteiger partial charge is 0.251 e. The first-order chi connectivity index (χ1) is 13.1. The molecule has 1 aliphatic heterocycles. The van der Waals surface area contributed by atoms with Crippen molar-refractivity contribution in [1.29, 1.82) is 0 Å². The number of nitrogens with zero attached hydrogens (tertiary/aromatic N) is 2. The highest BCUT2D eigenvalue weighted by molar-refractivity contribution is 5.80. The van der Waals surface area contributed by atoms with Crippen LogP contribution in [0.2, 0.25) is 0 Å². The van der Waals surface area contributed by atoms with E-state index in [1.807, 2.05) is 36.4 Å². The fraction of sp³-hybridized carbons (Fsp3) is 0.273. The average molecular weight is 362 g/mol. The summed E-state index contributed by atoms with van der Waals surface area (Å²) < 4.78 is 5.65. The van der Waals surface area contributed by atoms with E-state index >= 15 is 0 Å². The van der Waals surface area contributed by atoms with Gasteiger partial charge in [0, 0.05) is 18.5 Å². The largest absolute Gasteiger partial charge is 0.384 e. The van der Waals surface area contributed by atoms with Crippen LogP contribution in [0.15, 0.2) is 65.2 Å². The second-order valence-electron chi connectivity index (χ2n) is 6.91. The zero-order chi connectivity index (χ0) is 18.8. The normalized spacial score (nSPS) is 14.9. The maximum absolute atomic E-state index is 12.3. The molecule has 1 aliphatic rings. The van der Waals surface area contributed by atoms with Crippen LogP contribution < -0.4 is 0 Å². The molecule has 0 bridgehead atoms. The van der Waals surface area contributed by atoms with Crippen LogP contribution in [0.1, 0.15) is 41.0 Å². The van der Waals surface area contributed by atoms with Crippen LogP contribution in [-0.4, -0.2) is 33.7 Å². The van der Waals surface area contributed by atoms with Crippen molar-refractivity contribution in [1.82, 2.24) is 10.1 Å². The fourth-order valence-electron chi connectivity index (χ4n) is 3.71. The topological polar surface area (TPSA) is 66.6 Å². The summed E-state index contributed by atoms with van der Waals surface area (Å²) in [4.78, 5) is 14.0. The number of aromatic nitrogens is 1. The first kappa shape index (κ1) is 17.5. The van der Waals surface area contributed by atoms with Crippen molar-refractivity contribution >= 4 is 5.91 Å². The average Bonchev–Trinajstić information content (AvgIpc) is 3.12. The lowest BCUT2D eigenvalue weighted by Crippen LogP contribution is -2.41. The Kier molecular flexibility index (Phi) is 4.77. The summed E-state index contributed by atoms with van der Waals surface area (Å²) in [5.74, 6) is 0.502. The molecule has 0 saturated carbocycles. The third kappa shape index (κ3) is 3.38. The van der Waals surface area contributed by atoms with Crippen molar-refractivity contribution in [2.45, 2.75) is 31.9 Å². The predicted molar refractivity (Wildman–Crippen MR) is 101 cm³/mol. The molecule has 0 spiro atoms. The van der Waals surface area contributed by atoms with Crippen molar-refractivity contribution in [3.05, 3.63) is 88.8 Å². The molecule has 0 fully saturated rings. The molecule has 1 unspecified atom stereocenters. The van der Waals surface area contributed by atoms with E-state index in [1.165, 1.54) is 6.92 Å². The zero-order valence-electron chi connectivity index (χ0n) is 15.2. The first-order valence-corrected chi connectivity index (χ1v) is 9.19. The second-order valence-corrected chi connectivity index (χ2v) is 6.91. The van der Waals surface area contributed by atoms with Crippen molar-refractivity contribution in [2.24, 2.45) is 0 Å². The van der Waals surface area contributed by atoms with Crippen molar-refractivity contribution in [3.8, 4) is 0 Å². The maximum Gasteiger partial charge on any atom is 0.251 e. The van der Waals surface area contributed by atoms with Gasteiger partial charge < -0.3 is 14.5 Å². The van der Waals surface area contributed by atoms with E-state index in [9.17, 15) is 9.90 Å². The molecule has 0 saturated heterocycles. The minimum atomic E-state index is -1.01. The Labute approximate surface area is 158 Å². The summed E-state index contributed by atoms with van der Waals surface area (Å²) in [6.45, 7) is 2.45. The molecule has 138 valence electrons. The van der Waals surface area contributed by atoms with E-state index in [-0.39, 0.29) is 11.8 Å². The molecular formula is C22H22N2O3. The Morgan fingerprint density at radius 2 is 1.67 bits per heavy atom. The molecule has 4 rings (SSSR count). The van der Waals surface area contributed by atoms with Gasteiger partial charge in [0.25, 0.3) is 5.91 Å². The van der Waals surface area contributed by atoms with Gasteiger partial charge in [0.15, 0.2) is 0 Å². The minimum absolute atomic E-state index is 0.0681. The quantitative estimate of drug-likeness (QED) is 0.774. The van der Waals surface area contributed by atoms with Gasteiger partial charge in [-0.3, -0.25) is 4.79 Å². The summed E-state index contributed by atoms with van der Waals surface area (Å²) in [6.07, 6.45) is -0.397. The Morgan fingerprint density at radius 1 is 1.07 bits per heavy atom. The lowest BCUT2D eigenvalue weighted by Gasteiger charge is -2.28. The summed E-state index contributed by atoms with van der Waals surface area (Å²) >= 11 is 0. The molecule has 1 atom stereocenters. The predicted octanol–water partition coefficient (Wildman–Crippen LogP) is 3.12. The standard InChI is InChI=1S/C22H22N2O3/c1-15(25)22(26)24-13-12-19-18(14-24)21(23-27-19)20(16-8-4-2-5-9-16)17-10-6-3-7-11-17/h2-11,15,20,25H,12-14H2,1H3. The van der Waals surface area contributed by atoms with Crippen LogP contribution in [0.25, 0.3) is 0 Å². The number of carbonyl (C=O) groups is 1. The van der Waals surface area contributed by atoms with Gasteiger partial charge in [-0.15, -0.1) is 0 Å². The van der Waals surface area contributed by atoms with E-state index < -0.39 is 6.10 Å². The van der Waals surface area contributed by atoms with Gasteiger partial charge in [-0.05, 0) is 18.1 Å². The SMILES string of the molecule is CC(O)C(=O)N1CCc2onc(C(c3ccccc3)c3ccccc3)c2C1. The third-order valence-corrected chi connectivity index (χ3v) is 5.07. The summed E-state index contributed by atoms with van der Waals surface area (Å²) in [5.41, 5.74) is 4.04. The molecule has 3 aromatic rings. The highest BCUT2D eigenvalue weighted by Gasteiger charge is 2.32. The summed E-state index contributed by atoms with van der Waals surface area (Å²) in [6, 6.07) is 20.4.